The Morgan fingerprint density at radius 3 is 2.26 bits per heavy atom. The number of rotatable bonds is 15. The molecule has 3 heteroatoms. The monoisotopic (exact) mass is 322 g/mol. The zero-order chi connectivity index (χ0) is 17.2. The van der Waals surface area contributed by atoms with Crippen molar-refractivity contribution in [2.24, 2.45) is 0 Å². The summed E-state index contributed by atoms with van der Waals surface area (Å²) >= 11 is 0. The molecule has 0 radical (unpaired) electrons. The minimum atomic E-state index is -0.680. The quantitative estimate of drug-likeness (QED) is 0.240. The first-order valence-electron chi connectivity index (χ1n) is 8.89. The molecule has 0 amide bonds. The number of aliphatic carboxylic acids is 1. The van der Waals surface area contributed by atoms with Gasteiger partial charge in [0, 0.05) is 13.5 Å². The normalized spacial score (nSPS) is 13.5. The Kier molecular flexibility index (Phi) is 16.0. The summed E-state index contributed by atoms with van der Waals surface area (Å²) in [5, 5.41) is 8.55. The van der Waals surface area contributed by atoms with Gasteiger partial charge in [0.25, 0.3) is 0 Å². The van der Waals surface area contributed by atoms with Crippen molar-refractivity contribution in [3.8, 4) is 0 Å². The van der Waals surface area contributed by atoms with Gasteiger partial charge in [0.1, 0.15) is 0 Å². The maximum atomic E-state index is 10.4. The standard InChI is InChI=1S/C20H34O3/c1-3-4-5-6-10-13-16-19(23-2)17-14-11-8-7-9-12-15-18-20(21)22/h3-4,6,10,13,16,19H,5,7-9,11-12,14-15,17-18H2,1-2H3,(H,21,22). The van der Waals surface area contributed by atoms with Crippen molar-refractivity contribution in [3.63, 3.8) is 0 Å². The molecule has 0 fully saturated rings. The van der Waals surface area contributed by atoms with Gasteiger partial charge in [-0.2, -0.15) is 0 Å². The Morgan fingerprint density at radius 1 is 1.00 bits per heavy atom. The summed E-state index contributed by atoms with van der Waals surface area (Å²) in [5.41, 5.74) is 0. The molecular formula is C20H34O3. The molecule has 0 heterocycles. The van der Waals surface area contributed by atoms with Crippen LogP contribution in [0.3, 0.4) is 0 Å². The largest absolute Gasteiger partial charge is 0.481 e. The molecule has 0 saturated heterocycles. The van der Waals surface area contributed by atoms with Crippen LogP contribution < -0.4 is 0 Å². The molecule has 1 unspecified atom stereocenters. The van der Waals surface area contributed by atoms with Crippen molar-refractivity contribution >= 4 is 5.97 Å². The summed E-state index contributed by atoms with van der Waals surface area (Å²) in [6, 6.07) is 0. The van der Waals surface area contributed by atoms with Crippen LogP contribution in [0.1, 0.15) is 71.1 Å². The molecule has 132 valence electrons. The van der Waals surface area contributed by atoms with E-state index in [1.165, 1.54) is 25.7 Å². The zero-order valence-electron chi connectivity index (χ0n) is 14.9. The van der Waals surface area contributed by atoms with Crippen LogP contribution in [0.25, 0.3) is 0 Å². The fraction of sp³-hybridized carbons (Fsp3) is 0.650. The smallest absolute Gasteiger partial charge is 0.303 e. The number of ether oxygens (including phenoxy) is 1. The Labute approximate surface area is 142 Å². The lowest BCUT2D eigenvalue weighted by atomic mass is 10.1. The molecule has 0 aliphatic carbocycles. The predicted octanol–water partition coefficient (Wildman–Crippen LogP) is 5.68. The molecule has 0 aliphatic rings. The van der Waals surface area contributed by atoms with E-state index >= 15 is 0 Å². The second-order valence-electron chi connectivity index (χ2n) is 5.80. The highest BCUT2D eigenvalue weighted by Gasteiger charge is 2.02. The fourth-order valence-electron chi connectivity index (χ4n) is 2.36. The van der Waals surface area contributed by atoms with E-state index in [1.54, 1.807) is 7.11 Å². The average Bonchev–Trinajstić information content (AvgIpc) is 2.54. The number of carboxylic acid groups (broad SMARTS) is 1. The third-order valence-corrected chi connectivity index (χ3v) is 3.76. The highest BCUT2D eigenvalue weighted by atomic mass is 16.5. The first-order chi connectivity index (χ1) is 11.2. The van der Waals surface area contributed by atoms with Gasteiger partial charge in [0.15, 0.2) is 0 Å². The number of hydrogen-bond acceptors (Lipinski definition) is 2. The number of carbonyl (C=O) groups is 1. The Hall–Kier alpha value is -1.35. The molecule has 1 N–H and O–H groups in total. The molecule has 0 rings (SSSR count). The second kappa shape index (κ2) is 17.0. The summed E-state index contributed by atoms with van der Waals surface area (Å²) in [6.07, 6.45) is 23.0. The summed E-state index contributed by atoms with van der Waals surface area (Å²) in [6.45, 7) is 2.03. The molecule has 0 aromatic heterocycles. The minimum absolute atomic E-state index is 0.205. The van der Waals surface area contributed by atoms with Gasteiger partial charge < -0.3 is 9.84 Å². The first-order valence-corrected chi connectivity index (χ1v) is 8.89. The van der Waals surface area contributed by atoms with Crippen molar-refractivity contribution in [1.29, 1.82) is 0 Å². The number of hydrogen-bond donors (Lipinski definition) is 1. The van der Waals surface area contributed by atoms with E-state index in [9.17, 15) is 4.79 Å². The van der Waals surface area contributed by atoms with Crippen molar-refractivity contribution in [1.82, 2.24) is 0 Å². The van der Waals surface area contributed by atoms with Gasteiger partial charge >= 0.3 is 5.97 Å². The summed E-state index contributed by atoms with van der Waals surface area (Å²) in [7, 11) is 1.76. The van der Waals surface area contributed by atoms with E-state index in [0.29, 0.717) is 6.42 Å². The molecule has 23 heavy (non-hydrogen) atoms. The summed E-state index contributed by atoms with van der Waals surface area (Å²) in [4.78, 5) is 10.4. The topological polar surface area (TPSA) is 46.5 Å². The molecule has 1 atom stereocenters. The van der Waals surface area contributed by atoms with Crippen LogP contribution in [0.5, 0.6) is 0 Å². The van der Waals surface area contributed by atoms with Crippen molar-refractivity contribution < 1.29 is 14.6 Å². The molecule has 0 aromatic carbocycles. The third-order valence-electron chi connectivity index (χ3n) is 3.76. The maximum Gasteiger partial charge on any atom is 0.303 e. The number of allylic oxidation sites excluding steroid dienone is 5. The van der Waals surface area contributed by atoms with E-state index in [0.717, 1.165) is 32.1 Å². The van der Waals surface area contributed by atoms with Gasteiger partial charge in [0.05, 0.1) is 6.10 Å². The average molecular weight is 322 g/mol. The molecular weight excluding hydrogens is 288 g/mol. The highest BCUT2D eigenvalue weighted by Crippen LogP contribution is 2.12. The second-order valence-corrected chi connectivity index (χ2v) is 5.80. The highest BCUT2D eigenvalue weighted by molar-refractivity contribution is 5.66. The van der Waals surface area contributed by atoms with Crippen LogP contribution >= 0.6 is 0 Å². The van der Waals surface area contributed by atoms with E-state index in [4.69, 9.17) is 9.84 Å². The lowest BCUT2D eigenvalue weighted by Crippen LogP contribution is -2.06. The van der Waals surface area contributed by atoms with Crippen LogP contribution in [-0.4, -0.2) is 24.3 Å². The predicted molar refractivity (Wildman–Crippen MR) is 97.7 cm³/mol. The van der Waals surface area contributed by atoms with Gasteiger partial charge in [-0.3, -0.25) is 4.79 Å². The lowest BCUT2D eigenvalue weighted by molar-refractivity contribution is -0.137. The van der Waals surface area contributed by atoms with Crippen LogP contribution in [0.4, 0.5) is 0 Å². The third kappa shape index (κ3) is 16.8. The zero-order valence-corrected chi connectivity index (χ0v) is 14.9. The molecule has 0 saturated carbocycles. The Bertz CT molecular complexity index is 356. The van der Waals surface area contributed by atoms with Gasteiger partial charge in [-0.25, -0.2) is 0 Å². The van der Waals surface area contributed by atoms with Crippen molar-refractivity contribution in [2.75, 3.05) is 7.11 Å². The van der Waals surface area contributed by atoms with Gasteiger partial charge in [0.2, 0.25) is 0 Å². The summed E-state index contributed by atoms with van der Waals surface area (Å²) in [5.74, 6) is -0.680. The van der Waals surface area contributed by atoms with Crippen LogP contribution in [0.15, 0.2) is 36.5 Å². The number of unbranched alkanes of at least 4 members (excludes halogenated alkanes) is 6. The van der Waals surface area contributed by atoms with E-state index < -0.39 is 5.97 Å². The molecule has 3 nitrogen and oxygen atoms in total. The SMILES string of the molecule is CC=CCC=CC=CC(CCCCCCCCCC(=O)O)OC. The number of methoxy groups -OCH3 is 1. The van der Waals surface area contributed by atoms with Gasteiger partial charge in [-0.05, 0) is 26.2 Å². The lowest BCUT2D eigenvalue weighted by Gasteiger charge is -2.10. The van der Waals surface area contributed by atoms with E-state index in [-0.39, 0.29) is 6.10 Å². The fourth-order valence-corrected chi connectivity index (χ4v) is 2.36. The Balaban J connectivity index is 3.54. The minimum Gasteiger partial charge on any atom is -0.481 e. The van der Waals surface area contributed by atoms with Crippen LogP contribution in [0.2, 0.25) is 0 Å². The van der Waals surface area contributed by atoms with Gasteiger partial charge in [-0.1, -0.05) is 75.0 Å². The van der Waals surface area contributed by atoms with Crippen molar-refractivity contribution in [2.45, 2.75) is 77.2 Å². The number of carboxylic acids is 1. The molecule has 0 aromatic rings. The molecule has 0 spiro atoms. The maximum absolute atomic E-state index is 10.4. The van der Waals surface area contributed by atoms with Gasteiger partial charge in [-0.15, -0.1) is 0 Å². The van der Waals surface area contributed by atoms with E-state index in [2.05, 4.69) is 36.5 Å². The van der Waals surface area contributed by atoms with Crippen LogP contribution in [0, 0.1) is 0 Å². The first kappa shape index (κ1) is 21.6. The van der Waals surface area contributed by atoms with E-state index in [1.807, 2.05) is 6.92 Å². The van der Waals surface area contributed by atoms with Crippen LogP contribution in [-0.2, 0) is 9.53 Å². The Morgan fingerprint density at radius 2 is 1.65 bits per heavy atom. The molecule has 0 aliphatic heterocycles. The molecule has 0 bridgehead atoms. The summed E-state index contributed by atoms with van der Waals surface area (Å²) < 4.78 is 5.47. The van der Waals surface area contributed by atoms with Crippen molar-refractivity contribution in [3.05, 3.63) is 36.5 Å².